The van der Waals surface area contributed by atoms with Crippen molar-refractivity contribution >= 4 is 11.6 Å². The molecule has 0 aliphatic rings. The van der Waals surface area contributed by atoms with Crippen LogP contribution in [0.15, 0.2) is 42.5 Å². The predicted octanol–water partition coefficient (Wildman–Crippen LogP) is 4.42. The second-order valence-corrected chi connectivity index (χ2v) is 5.27. The molecule has 106 valence electrons. The van der Waals surface area contributed by atoms with E-state index >= 15 is 0 Å². The Labute approximate surface area is 122 Å². The van der Waals surface area contributed by atoms with E-state index < -0.39 is 11.4 Å². The summed E-state index contributed by atoms with van der Waals surface area (Å²) in [6.07, 6.45) is 0.620. The maximum absolute atomic E-state index is 14.0. The summed E-state index contributed by atoms with van der Waals surface area (Å²) in [4.78, 5) is 0. The van der Waals surface area contributed by atoms with Gasteiger partial charge in [-0.05, 0) is 31.0 Å². The Bertz CT molecular complexity index is 595. The molecule has 4 heteroatoms. The lowest BCUT2D eigenvalue weighted by Gasteiger charge is -2.30. The summed E-state index contributed by atoms with van der Waals surface area (Å²) >= 11 is 6.03. The van der Waals surface area contributed by atoms with E-state index in [1.807, 2.05) is 6.92 Å². The maximum Gasteiger partial charge on any atom is 0.128 e. The number of nitrogens with two attached hydrogens (primary N) is 1. The highest BCUT2D eigenvalue weighted by molar-refractivity contribution is 6.31. The van der Waals surface area contributed by atoms with Crippen LogP contribution in [0, 0.1) is 11.6 Å². The van der Waals surface area contributed by atoms with Gasteiger partial charge in [0.1, 0.15) is 11.6 Å². The number of hydrogen-bond acceptors (Lipinski definition) is 1. The number of benzene rings is 2. The van der Waals surface area contributed by atoms with Crippen molar-refractivity contribution in [2.45, 2.75) is 25.3 Å². The number of rotatable bonds is 4. The molecule has 0 radical (unpaired) electrons. The van der Waals surface area contributed by atoms with Gasteiger partial charge in [-0.15, -0.1) is 0 Å². The average molecular weight is 296 g/mol. The van der Waals surface area contributed by atoms with Crippen molar-refractivity contribution in [3.05, 3.63) is 70.2 Å². The van der Waals surface area contributed by atoms with Crippen LogP contribution in [-0.4, -0.2) is 0 Å². The molecule has 0 fully saturated rings. The molecule has 0 spiro atoms. The van der Waals surface area contributed by atoms with Crippen LogP contribution in [0.2, 0.25) is 5.02 Å². The van der Waals surface area contributed by atoms with E-state index in [1.165, 1.54) is 18.2 Å². The van der Waals surface area contributed by atoms with Crippen molar-refractivity contribution < 1.29 is 8.78 Å². The summed E-state index contributed by atoms with van der Waals surface area (Å²) in [6.45, 7) is 1.85. The smallest absolute Gasteiger partial charge is 0.128 e. The molecule has 0 heterocycles. The molecular weight excluding hydrogens is 280 g/mol. The van der Waals surface area contributed by atoms with E-state index in [9.17, 15) is 8.78 Å². The Balaban J connectivity index is 2.45. The molecule has 1 unspecified atom stereocenters. The van der Waals surface area contributed by atoms with Crippen molar-refractivity contribution in [2.24, 2.45) is 5.73 Å². The van der Waals surface area contributed by atoms with E-state index in [4.69, 9.17) is 17.3 Å². The van der Waals surface area contributed by atoms with Crippen molar-refractivity contribution in [3.63, 3.8) is 0 Å². The Kier molecular flexibility index (Phi) is 4.41. The molecule has 0 aliphatic heterocycles. The van der Waals surface area contributed by atoms with Crippen molar-refractivity contribution in [2.75, 3.05) is 0 Å². The first-order valence-electron chi connectivity index (χ1n) is 6.44. The van der Waals surface area contributed by atoms with Gasteiger partial charge in [-0.2, -0.15) is 0 Å². The largest absolute Gasteiger partial charge is 0.321 e. The van der Waals surface area contributed by atoms with E-state index in [-0.39, 0.29) is 12.2 Å². The SMILES string of the molecule is CCC(N)(Cc1c(F)cccc1Cl)c1ccccc1F. The third-order valence-electron chi connectivity index (χ3n) is 3.60. The van der Waals surface area contributed by atoms with Gasteiger partial charge in [0.25, 0.3) is 0 Å². The first-order chi connectivity index (χ1) is 9.48. The Morgan fingerprint density at radius 1 is 1.05 bits per heavy atom. The molecule has 2 aromatic carbocycles. The van der Waals surface area contributed by atoms with Crippen molar-refractivity contribution in [1.82, 2.24) is 0 Å². The molecule has 1 atom stereocenters. The third kappa shape index (κ3) is 2.84. The van der Waals surface area contributed by atoms with Crippen LogP contribution in [0.1, 0.15) is 24.5 Å². The average Bonchev–Trinajstić information content (AvgIpc) is 2.43. The zero-order valence-electron chi connectivity index (χ0n) is 11.2. The number of hydrogen-bond donors (Lipinski definition) is 1. The van der Waals surface area contributed by atoms with Crippen molar-refractivity contribution in [3.8, 4) is 0 Å². The summed E-state index contributed by atoms with van der Waals surface area (Å²) in [7, 11) is 0. The van der Waals surface area contributed by atoms with Crippen LogP contribution in [0.25, 0.3) is 0 Å². The fraction of sp³-hybridized carbons (Fsp3) is 0.250. The molecule has 0 bridgehead atoms. The highest BCUT2D eigenvalue weighted by Crippen LogP contribution is 2.32. The van der Waals surface area contributed by atoms with E-state index in [0.717, 1.165) is 0 Å². The summed E-state index contributed by atoms with van der Waals surface area (Å²) < 4.78 is 27.9. The molecule has 0 aromatic heterocycles. The zero-order valence-corrected chi connectivity index (χ0v) is 11.9. The van der Waals surface area contributed by atoms with Crippen LogP contribution < -0.4 is 5.73 Å². The van der Waals surface area contributed by atoms with E-state index in [0.29, 0.717) is 22.6 Å². The molecule has 20 heavy (non-hydrogen) atoms. The standard InChI is InChI=1S/C16H16ClF2N/c1-2-16(20,12-6-3-4-8-15(12)19)10-11-13(17)7-5-9-14(11)18/h3-9H,2,10,20H2,1H3. The van der Waals surface area contributed by atoms with Gasteiger partial charge in [0.2, 0.25) is 0 Å². The molecule has 2 N–H and O–H groups in total. The van der Waals surface area contributed by atoms with Gasteiger partial charge in [0, 0.05) is 21.7 Å². The normalized spacial score (nSPS) is 14.1. The van der Waals surface area contributed by atoms with Gasteiger partial charge < -0.3 is 5.73 Å². The van der Waals surface area contributed by atoms with Crippen LogP contribution in [-0.2, 0) is 12.0 Å². The topological polar surface area (TPSA) is 26.0 Å². The summed E-state index contributed by atoms with van der Waals surface area (Å²) in [5.74, 6) is -0.804. The maximum atomic E-state index is 14.0. The molecule has 2 aromatic rings. The minimum Gasteiger partial charge on any atom is -0.321 e. The van der Waals surface area contributed by atoms with Crippen LogP contribution >= 0.6 is 11.6 Å². The second kappa shape index (κ2) is 5.90. The Morgan fingerprint density at radius 3 is 2.30 bits per heavy atom. The monoisotopic (exact) mass is 295 g/mol. The highest BCUT2D eigenvalue weighted by Gasteiger charge is 2.30. The Hall–Kier alpha value is -1.45. The minimum atomic E-state index is -0.989. The quantitative estimate of drug-likeness (QED) is 0.887. The highest BCUT2D eigenvalue weighted by atomic mass is 35.5. The minimum absolute atomic E-state index is 0.149. The van der Waals surface area contributed by atoms with Gasteiger partial charge in [-0.25, -0.2) is 8.78 Å². The van der Waals surface area contributed by atoms with Crippen LogP contribution in [0.5, 0.6) is 0 Å². The molecule has 1 nitrogen and oxygen atoms in total. The second-order valence-electron chi connectivity index (χ2n) is 4.87. The molecule has 0 saturated heterocycles. The molecule has 0 saturated carbocycles. The van der Waals surface area contributed by atoms with Gasteiger partial charge >= 0.3 is 0 Å². The summed E-state index contributed by atoms with van der Waals surface area (Å²) in [6, 6.07) is 10.8. The fourth-order valence-electron chi connectivity index (χ4n) is 2.29. The summed E-state index contributed by atoms with van der Waals surface area (Å²) in [5, 5.41) is 0.310. The lowest BCUT2D eigenvalue weighted by Crippen LogP contribution is -2.39. The van der Waals surface area contributed by atoms with Gasteiger partial charge in [0.05, 0.1) is 0 Å². The Morgan fingerprint density at radius 2 is 1.70 bits per heavy atom. The first kappa shape index (κ1) is 14.9. The van der Waals surface area contributed by atoms with E-state index in [1.54, 1.807) is 24.3 Å². The number of halogens is 3. The van der Waals surface area contributed by atoms with Gasteiger partial charge in [0.15, 0.2) is 0 Å². The predicted molar refractivity (Wildman–Crippen MR) is 77.7 cm³/mol. The van der Waals surface area contributed by atoms with E-state index in [2.05, 4.69) is 0 Å². The third-order valence-corrected chi connectivity index (χ3v) is 3.95. The summed E-state index contributed by atoms with van der Waals surface area (Å²) in [5.41, 5.74) is 6.03. The fourth-order valence-corrected chi connectivity index (χ4v) is 2.52. The zero-order chi connectivity index (χ0) is 14.8. The molecule has 0 amide bonds. The van der Waals surface area contributed by atoms with Gasteiger partial charge in [-0.1, -0.05) is 42.8 Å². The lowest BCUT2D eigenvalue weighted by molar-refractivity contribution is 0.396. The van der Waals surface area contributed by atoms with Gasteiger partial charge in [-0.3, -0.25) is 0 Å². The molecule has 2 rings (SSSR count). The molecular formula is C16H16ClF2N. The molecule has 0 aliphatic carbocycles. The van der Waals surface area contributed by atoms with Crippen LogP contribution in [0.3, 0.4) is 0 Å². The van der Waals surface area contributed by atoms with Crippen LogP contribution in [0.4, 0.5) is 8.78 Å². The lowest BCUT2D eigenvalue weighted by atomic mass is 9.82. The first-order valence-corrected chi connectivity index (χ1v) is 6.82. The van der Waals surface area contributed by atoms with Crippen molar-refractivity contribution in [1.29, 1.82) is 0 Å².